The average Bonchev–Trinajstić information content (AvgIpc) is 3.44. The number of likely N-dealkylation sites (tertiary alicyclic amines) is 1. The molecule has 0 aromatic heterocycles. The van der Waals surface area contributed by atoms with E-state index in [1.54, 1.807) is 39.7 Å². The Hall–Kier alpha value is -3.96. The molecule has 2 aromatic carbocycles. The molecule has 46 heavy (non-hydrogen) atoms. The first kappa shape index (κ1) is 36.5. The van der Waals surface area contributed by atoms with E-state index in [1.807, 2.05) is 81.4 Å². The first-order chi connectivity index (χ1) is 21.5. The molecular weight excluding hydrogens is 586 g/mol. The molecule has 0 unspecified atom stereocenters. The van der Waals surface area contributed by atoms with Crippen LogP contribution < -0.4 is 16.0 Å². The number of rotatable bonds is 11. The number of carbonyl (C=O) groups excluding carboxylic acids is 4. The van der Waals surface area contributed by atoms with Gasteiger partial charge in [0.15, 0.2) is 0 Å². The summed E-state index contributed by atoms with van der Waals surface area (Å²) in [5, 5.41) is 9.34. The third-order valence-electron chi connectivity index (χ3n) is 8.00. The minimum absolute atomic E-state index is 0.208. The molecule has 4 atom stereocenters. The van der Waals surface area contributed by atoms with E-state index in [4.69, 9.17) is 9.47 Å². The highest BCUT2D eigenvalue weighted by Crippen LogP contribution is 2.28. The normalized spacial score (nSPS) is 18.1. The summed E-state index contributed by atoms with van der Waals surface area (Å²) < 4.78 is 10.6. The molecule has 0 saturated carbocycles. The second kappa shape index (κ2) is 15.6. The van der Waals surface area contributed by atoms with Crippen molar-refractivity contribution in [3.63, 3.8) is 0 Å². The zero-order valence-corrected chi connectivity index (χ0v) is 28.6. The molecule has 0 aliphatic carbocycles. The van der Waals surface area contributed by atoms with Gasteiger partial charge in [-0.15, -0.1) is 0 Å². The van der Waals surface area contributed by atoms with E-state index in [0.29, 0.717) is 6.42 Å². The van der Waals surface area contributed by atoms with E-state index in [9.17, 15) is 19.2 Å². The summed E-state index contributed by atoms with van der Waals surface area (Å²) in [6, 6.07) is 16.0. The first-order valence-electron chi connectivity index (χ1n) is 15.7. The van der Waals surface area contributed by atoms with E-state index in [0.717, 1.165) is 11.1 Å². The van der Waals surface area contributed by atoms with Crippen molar-refractivity contribution in [2.24, 2.45) is 5.41 Å². The van der Waals surface area contributed by atoms with Crippen LogP contribution in [0.5, 0.6) is 0 Å². The zero-order chi connectivity index (χ0) is 34.2. The standard InChI is InChI=1S/C35H51N5O6/c1-23(39(8)33(44)46-35(5,6)7)30(41)38-29(34(2,3)4)32(43)40-21-26(36-22-45-9)20-27(40)31(42)37-28(24-16-12-10-13-17-24)25-18-14-11-15-19-25/h10-19,23,26-29,36H,20-22H2,1-9H3,(H,37,42)(H,38,41)/t23-,26-,27-,29+/m0/s1. The second-order valence-corrected chi connectivity index (χ2v) is 13.9. The lowest BCUT2D eigenvalue weighted by molar-refractivity contribution is -0.144. The lowest BCUT2D eigenvalue weighted by atomic mass is 9.85. The fourth-order valence-corrected chi connectivity index (χ4v) is 5.31. The maximum Gasteiger partial charge on any atom is 0.410 e. The molecule has 1 fully saturated rings. The summed E-state index contributed by atoms with van der Waals surface area (Å²) in [4.78, 5) is 57.4. The Morgan fingerprint density at radius 1 is 0.913 bits per heavy atom. The molecular formula is C35H51N5O6. The van der Waals surface area contributed by atoms with Gasteiger partial charge in [0.25, 0.3) is 0 Å². The molecule has 2 aromatic rings. The number of amides is 4. The van der Waals surface area contributed by atoms with Crippen LogP contribution >= 0.6 is 0 Å². The van der Waals surface area contributed by atoms with Crippen LogP contribution in [0, 0.1) is 5.41 Å². The maximum atomic E-state index is 14.4. The summed E-state index contributed by atoms with van der Waals surface area (Å²) in [7, 11) is 3.05. The van der Waals surface area contributed by atoms with Crippen molar-refractivity contribution in [3.05, 3.63) is 71.8 Å². The molecule has 0 bridgehead atoms. The van der Waals surface area contributed by atoms with E-state index >= 15 is 0 Å². The van der Waals surface area contributed by atoms with Gasteiger partial charge < -0.3 is 25.0 Å². The lowest BCUT2D eigenvalue weighted by Gasteiger charge is -2.37. The molecule has 4 amide bonds. The van der Waals surface area contributed by atoms with E-state index < -0.39 is 47.2 Å². The first-order valence-corrected chi connectivity index (χ1v) is 15.7. The predicted octanol–water partition coefficient (Wildman–Crippen LogP) is 3.84. The molecule has 11 nitrogen and oxygen atoms in total. The predicted molar refractivity (Wildman–Crippen MR) is 177 cm³/mol. The van der Waals surface area contributed by atoms with Crippen LogP contribution in [0.15, 0.2) is 60.7 Å². The number of nitrogens with one attached hydrogen (secondary N) is 3. The van der Waals surface area contributed by atoms with Crippen LogP contribution in [0.4, 0.5) is 4.79 Å². The smallest absolute Gasteiger partial charge is 0.410 e. The van der Waals surface area contributed by atoms with Crippen LogP contribution in [0.3, 0.4) is 0 Å². The highest BCUT2D eigenvalue weighted by atomic mass is 16.6. The Balaban J connectivity index is 1.88. The summed E-state index contributed by atoms with van der Waals surface area (Å²) in [6.07, 6.45) is -0.289. The second-order valence-electron chi connectivity index (χ2n) is 13.9. The Bertz CT molecular complexity index is 1280. The molecule has 1 heterocycles. The quantitative estimate of drug-likeness (QED) is 0.320. The van der Waals surface area contributed by atoms with Gasteiger partial charge in [-0.05, 0) is 50.7 Å². The van der Waals surface area contributed by atoms with Crippen LogP contribution in [0.25, 0.3) is 0 Å². The monoisotopic (exact) mass is 637 g/mol. The number of benzene rings is 2. The van der Waals surface area contributed by atoms with Crippen LogP contribution in [0.2, 0.25) is 0 Å². The number of likely N-dealkylation sites (N-methyl/N-ethyl adjacent to an activating group) is 1. The van der Waals surface area contributed by atoms with Gasteiger partial charge in [-0.1, -0.05) is 81.4 Å². The molecule has 1 aliphatic rings. The van der Waals surface area contributed by atoms with Crippen molar-refractivity contribution in [2.45, 2.75) is 90.7 Å². The molecule has 0 radical (unpaired) electrons. The van der Waals surface area contributed by atoms with Gasteiger partial charge in [-0.3, -0.25) is 24.6 Å². The number of carbonyl (C=O) groups is 4. The fourth-order valence-electron chi connectivity index (χ4n) is 5.31. The van der Waals surface area contributed by atoms with Crippen LogP contribution in [-0.2, 0) is 23.9 Å². The number of hydrogen-bond acceptors (Lipinski definition) is 7. The van der Waals surface area contributed by atoms with Crippen molar-refractivity contribution < 1.29 is 28.7 Å². The summed E-state index contributed by atoms with van der Waals surface area (Å²) in [6.45, 7) is 12.9. The van der Waals surface area contributed by atoms with Gasteiger partial charge in [-0.2, -0.15) is 0 Å². The molecule has 11 heteroatoms. The fraction of sp³-hybridized carbons (Fsp3) is 0.543. The Labute approximate surface area is 273 Å². The highest BCUT2D eigenvalue weighted by Gasteiger charge is 2.45. The maximum absolute atomic E-state index is 14.4. The van der Waals surface area contributed by atoms with Crippen LogP contribution in [0.1, 0.15) is 72.1 Å². The third kappa shape index (κ3) is 9.77. The Morgan fingerprint density at radius 2 is 1.46 bits per heavy atom. The van der Waals surface area contributed by atoms with E-state index in [1.165, 1.54) is 11.9 Å². The summed E-state index contributed by atoms with van der Waals surface area (Å²) in [5.41, 5.74) is 0.376. The van der Waals surface area contributed by atoms with Gasteiger partial charge in [0.2, 0.25) is 17.7 Å². The number of hydrogen-bond donors (Lipinski definition) is 3. The number of methoxy groups -OCH3 is 1. The van der Waals surface area contributed by atoms with Gasteiger partial charge >= 0.3 is 6.09 Å². The van der Waals surface area contributed by atoms with Gasteiger partial charge in [0.05, 0.1) is 12.8 Å². The molecule has 3 N–H and O–H groups in total. The van der Waals surface area contributed by atoms with Gasteiger partial charge in [0, 0.05) is 26.7 Å². The minimum atomic E-state index is -0.981. The SMILES string of the molecule is COCN[C@H]1C[C@@H](C(=O)NC(c2ccccc2)c2ccccc2)N(C(=O)[C@@H](NC(=O)[C@H](C)N(C)C(=O)OC(C)(C)C)C(C)(C)C)C1. The Kier molecular flexibility index (Phi) is 12.3. The van der Waals surface area contributed by atoms with Gasteiger partial charge in [0.1, 0.15) is 23.7 Å². The third-order valence-corrected chi connectivity index (χ3v) is 8.00. The Morgan fingerprint density at radius 3 is 1.93 bits per heavy atom. The summed E-state index contributed by atoms with van der Waals surface area (Å²) in [5.74, 6) is -1.19. The van der Waals surface area contributed by atoms with Crippen LogP contribution in [-0.4, -0.2) is 90.8 Å². The van der Waals surface area contributed by atoms with E-state index in [-0.39, 0.29) is 31.1 Å². The number of ether oxygens (including phenoxy) is 2. The highest BCUT2D eigenvalue weighted by molar-refractivity contribution is 5.95. The van der Waals surface area contributed by atoms with Crippen molar-refractivity contribution in [2.75, 3.05) is 27.4 Å². The minimum Gasteiger partial charge on any atom is -0.444 e. The zero-order valence-electron chi connectivity index (χ0n) is 28.6. The lowest BCUT2D eigenvalue weighted by Crippen LogP contribution is -2.60. The summed E-state index contributed by atoms with van der Waals surface area (Å²) >= 11 is 0. The molecule has 1 saturated heterocycles. The van der Waals surface area contributed by atoms with Gasteiger partial charge in [-0.25, -0.2) is 4.79 Å². The van der Waals surface area contributed by atoms with Crippen molar-refractivity contribution >= 4 is 23.8 Å². The molecule has 1 aliphatic heterocycles. The topological polar surface area (TPSA) is 129 Å². The van der Waals surface area contributed by atoms with Crippen molar-refractivity contribution in [1.82, 2.24) is 25.8 Å². The molecule has 0 spiro atoms. The van der Waals surface area contributed by atoms with Crippen molar-refractivity contribution in [1.29, 1.82) is 0 Å². The largest absolute Gasteiger partial charge is 0.444 e. The van der Waals surface area contributed by atoms with E-state index in [2.05, 4.69) is 16.0 Å². The number of nitrogens with zero attached hydrogens (tertiary/aromatic N) is 2. The van der Waals surface area contributed by atoms with Crippen molar-refractivity contribution in [3.8, 4) is 0 Å². The molecule has 252 valence electrons. The molecule has 3 rings (SSSR count). The average molecular weight is 638 g/mol.